The molecule has 5 heterocycles. The second-order valence-corrected chi connectivity index (χ2v) is 7.75. The van der Waals surface area contributed by atoms with Crippen LogP contribution in [0.4, 0.5) is 16.6 Å². The number of nitrogen functional groups attached to an aromatic ring is 1. The van der Waals surface area contributed by atoms with E-state index >= 15 is 0 Å². The third-order valence-electron chi connectivity index (χ3n) is 6.18. The highest BCUT2D eigenvalue weighted by Crippen LogP contribution is 2.37. The first-order valence-electron chi connectivity index (χ1n) is 9.85. The first kappa shape index (κ1) is 17.5. The minimum absolute atomic E-state index is 0.168. The van der Waals surface area contributed by atoms with E-state index in [1.807, 2.05) is 10.9 Å². The fourth-order valence-electron chi connectivity index (χ4n) is 4.79. The highest BCUT2D eigenvalue weighted by molar-refractivity contribution is 5.88. The molecule has 0 radical (unpaired) electrons. The van der Waals surface area contributed by atoms with E-state index in [-0.39, 0.29) is 18.1 Å². The minimum Gasteiger partial charge on any atom is -0.453 e. The average Bonchev–Trinajstić information content (AvgIpc) is 3.24. The lowest BCUT2D eigenvalue weighted by Gasteiger charge is -2.36. The van der Waals surface area contributed by atoms with Crippen molar-refractivity contribution in [1.29, 1.82) is 0 Å². The summed E-state index contributed by atoms with van der Waals surface area (Å²) in [6, 6.07) is 0.841. The van der Waals surface area contributed by atoms with Crippen molar-refractivity contribution in [3.05, 3.63) is 6.20 Å². The van der Waals surface area contributed by atoms with E-state index in [2.05, 4.69) is 20.0 Å². The molecule has 10 heteroatoms. The Labute approximate surface area is 162 Å². The van der Waals surface area contributed by atoms with Crippen LogP contribution in [-0.2, 0) is 9.47 Å². The van der Waals surface area contributed by atoms with Crippen LogP contribution in [-0.4, -0.2) is 76.2 Å². The quantitative estimate of drug-likeness (QED) is 0.818. The monoisotopic (exact) mass is 387 g/mol. The van der Waals surface area contributed by atoms with Crippen LogP contribution in [0.3, 0.4) is 0 Å². The Hall–Kier alpha value is -2.62. The second kappa shape index (κ2) is 6.77. The molecular formula is C18H25N7O3. The average molecular weight is 387 g/mol. The van der Waals surface area contributed by atoms with E-state index in [1.54, 1.807) is 4.90 Å². The normalized spacial score (nSPS) is 25.5. The molecule has 2 aromatic heterocycles. The molecule has 0 spiro atoms. The third-order valence-corrected chi connectivity index (χ3v) is 6.18. The second-order valence-electron chi connectivity index (χ2n) is 7.75. The molecule has 5 rings (SSSR count). The molecule has 2 atom stereocenters. The molecule has 0 unspecified atom stereocenters. The number of piperidine rings is 1. The number of methoxy groups -OCH3 is 1. The number of hydrogen-bond donors (Lipinski definition) is 1. The van der Waals surface area contributed by atoms with Crippen molar-refractivity contribution in [2.45, 2.75) is 43.8 Å². The van der Waals surface area contributed by atoms with Gasteiger partial charge in [0.1, 0.15) is 5.82 Å². The minimum atomic E-state index is -0.277. The number of nitrogens with zero attached hydrogens (tertiary/aromatic N) is 6. The number of hydrogen-bond acceptors (Lipinski definition) is 8. The zero-order valence-corrected chi connectivity index (χ0v) is 16.0. The molecular weight excluding hydrogens is 362 g/mol. The summed E-state index contributed by atoms with van der Waals surface area (Å²) in [5.74, 6) is 1.14. The summed E-state index contributed by atoms with van der Waals surface area (Å²) in [5.41, 5.74) is 6.86. The van der Waals surface area contributed by atoms with E-state index in [0.717, 1.165) is 55.7 Å². The van der Waals surface area contributed by atoms with Crippen molar-refractivity contribution in [2.24, 2.45) is 0 Å². The molecule has 28 heavy (non-hydrogen) atoms. The maximum atomic E-state index is 11.7. The van der Waals surface area contributed by atoms with Gasteiger partial charge >= 0.3 is 6.09 Å². The van der Waals surface area contributed by atoms with Crippen LogP contribution < -0.4 is 10.6 Å². The predicted octanol–water partition coefficient (Wildman–Crippen LogP) is 1.18. The lowest BCUT2D eigenvalue weighted by atomic mass is 10.1. The van der Waals surface area contributed by atoms with Crippen LogP contribution in [0.2, 0.25) is 0 Å². The van der Waals surface area contributed by atoms with Crippen molar-refractivity contribution < 1.29 is 14.3 Å². The van der Waals surface area contributed by atoms with Gasteiger partial charge in [0.15, 0.2) is 5.65 Å². The van der Waals surface area contributed by atoms with Gasteiger partial charge in [-0.3, -0.25) is 0 Å². The number of rotatable bonds is 2. The number of carbonyl (C=O) groups is 1. The van der Waals surface area contributed by atoms with E-state index in [4.69, 9.17) is 15.2 Å². The fraction of sp³-hybridized carbons (Fsp3) is 0.667. The van der Waals surface area contributed by atoms with Gasteiger partial charge in [-0.25, -0.2) is 9.48 Å². The number of nitrogens with two attached hydrogens (primary N) is 1. The summed E-state index contributed by atoms with van der Waals surface area (Å²) in [6.07, 6.45) is 5.39. The van der Waals surface area contributed by atoms with E-state index in [9.17, 15) is 4.79 Å². The molecule has 3 aliphatic heterocycles. The Kier molecular flexibility index (Phi) is 4.22. The van der Waals surface area contributed by atoms with Gasteiger partial charge in [-0.1, -0.05) is 0 Å². The summed E-state index contributed by atoms with van der Waals surface area (Å²) < 4.78 is 12.5. The molecule has 2 N–H and O–H groups in total. The van der Waals surface area contributed by atoms with Crippen LogP contribution in [0.5, 0.6) is 0 Å². The van der Waals surface area contributed by atoms with E-state index in [0.29, 0.717) is 25.2 Å². The summed E-state index contributed by atoms with van der Waals surface area (Å²) in [7, 11) is 1.41. The van der Waals surface area contributed by atoms with Crippen molar-refractivity contribution >= 4 is 28.9 Å². The zero-order chi connectivity index (χ0) is 19.3. The van der Waals surface area contributed by atoms with Gasteiger partial charge < -0.3 is 25.0 Å². The van der Waals surface area contributed by atoms with Crippen molar-refractivity contribution in [3.8, 4) is 0 Å². The number of fused-ring (bicyclic) bond motifs is 3. The number of morpholine rings is 1. The number of likely N-dealkylation sites (tertiary alicyclic amines) is 1. The van der Waals surface area contributed by atoms with Gasteiger partial charge in [0, 0.05) is 13.1 Å². The van der Waals surface area contributed by atoms with E-state index in [1.165, 1.54) is 7.11 Å². The van der Waals surface area contributed by atoms with Gasteiger partial charge in [-0.2, -0.15) is 15.1 Å². The lowest BCUT2D eigenvalue weighted by molar-refractivity contribution is 0.0904. The smallest absolute Gasteiger partial charge is 0.409 e. The maximum Gasteiger partial charge on any atom is 0.409 e. The summed E-state index contributed by atoms with van der Waals surface area (Å²) >= 11 is 0. The van der Waals surface area contributed by atoms with Crippen LogP contribution in [0.15, 0.2) is 6.20 Å². The van der Waals surface area contributed by atoms with Crippen molar-refractivity contribution in [3.63, 3.8) is 0 Å². The molecule has 3 saturated heterocycles. The third kappa shape index (κ3) is 2.74. The molecule has 0 aliphatic carbocycles. The van der Waals surface area contributed by atoms with Crippen LogP contribution >= 0.6 is 0 Å². The van der Waals surface area contributed by atoms with Gasteiger partial charge in [-0.15, -0.1) is 0 Å². The molecule has 0 saturated carbocycles. The summed E-state index contributed by atoms with van der Waals surface area (Å²) in [6.45, 7) is 2.73. The SMILES string of the molecule is COC(=O)N1CCC(n2ncc3c(N4[C@@H]5CC[C@H]4COC5)nc(N)nc32)CC1. The van der Waals surface area contributed by atoms with Crippen LogP contribution in [0.1, 0.15) is 31.7 Å². The van der Waals surface area contributed by atoms with Gasteiger partial charge in [0.25, 0.3) is 0 Å². The highest BCUT2D eigenvalue weighted by Gasteiger charge is 2.39. The highest BCUT2D eigenvalue weighted by atomic mass is 16.5. The Morgan fingerprint density at radius 1 is 1.14 bits per heavy atom. The van der Waals surface area contributed by atoms with Gasteiger partial charge in [0.05, 0.1) is 50.0 Å². The molecule has 10 nitrogen and oxygen atoms in total. The largest absolute Gasteiger partial charge is 0.453 e. The van der Waals surface area contributed by atoms with Gasteiger partial charge in [-0.05, 0) is 25.7 Å². The zero-order valence-electron chi connectivity index (χ0n) is 16.0. The number of carbonyl (C=O) groups excluding carboxylic acids is 1. The fourth-order valence-corrected chi connectivity index (χ4v) is 4.79. The number of aromatic nitrogens is 4. The Morgan fingerprint density at radius 2 is 1.86 bits per heavy atom. The molecule has 0 aromatic carbocycles. The van der Waals surface area contributed by atoms with Crippen LogP contribution in [0.25, 0.3) is 11.0 Å². The number of anilines is 2. The molecule has 3 aliphatic rings. The van der Waals surface area contributed by atoms with Crippen LogP contribution in [0, 0.1) is 0 Å². The Morgan fingerprint density at radius 3 is 2.54 bits per heavy atom. The Balaban J connectivity index is 1.46. The van der Waals surface area contributed by atoms with Crippen molar-refractivity contribution in [1.82, 2.24) is 24.6 Å². The molecule has 150 valence electrons. The maximum absolute atomic E-state index is 11.7. The lowest BCUT2D eigenvalue weighted by Crippen LogP contribution is -2.46. The molecule has 2 bridgehead atoms. The molecule has 2 aromatic rings. The van der Waals surface area contributed by atoms with Crippen molar-refractivity contribution in [2.75, 3.05) is 44.0 Å². The first-order chi connectivity index (χ1) is 13.7. The first-order valence-corrected chi connectivity index (χ1v) is 9.85. The number of ether oxygens (including phenoxy) is 2. The standard InChI is InChI=1S/C18H25N7O3/c1-27-18(26)23-6-4-11(5-7-23)25-16-14(8-20-25)15(21-17(19)22-16)24-12-2-3-13(24)10-28-9-12/h8,11-13H,2-7,9-10H2,1H3,(H2,19,21,22)/t12-,13+. The topological polar surface area (TPSA) is 112 Å². The number of amides is 1. The summed E-state index contributed by atoms with van der Waals surface area (Å²) in [4.78, 5) is 24.9. The Bertz CT molecular complexity index is 877. The van der Waals surface area contributed by atoms with Gasteiger partial charge in [0.2, 0.25) is 5.95 Å². The molecule has 1 amide bonds. The summed E-state index contributed by atoms with van der Waals surface area (Å²) in [5, 5.41) is 5.58. The molecule has 3 fully saturated rings. The van der Waals surface area contributed by atoms with E-state index < -0.39 is 0 Å². The predicted molar refractivity (Wildman–Crippen MR) is 102 cm³/mol.